The van der Waals surface area contributed by atoms with Crippen molar-refractivity contribution in [2.24, 2.45) is 0 Å². The molecule has 0 aliphatic heterocycles. The van der Waals surface area contributed by atoms with Gasteiger partial charge in [-0.3, -0.25) is 9.59 Å². The molecule has 2 aromatic rings. The summed E-state index contributed by atoms with van der Waals surface area (Å²) in [7, 11) is 2.80. The Kier molecular flexibility index (Phi) is 9.06. The van der Waals surface area contributed by atoms with Crippen LogP contribution in [0.3, 0.4) is 0 Å². The van der Waals surface area contributed by atoms with Gasteiger partial charge in [0.05, 0.1) is 14.2 Å². The fraction of sp³-hybridized carbons (Fsp3) is 0.167. The molecule has 2 rings (SSSR count). The van der Waals surface area contributed by atoms with Gasteiger partial charge in [-0.25, -0.2) is 0 Å². The van der Waals surface area contributed by atoms with E-state index in [1.807, 2.05) is 0 Å². The molecule has 0 bridgehead atoms. The molecule has 0 saturated carbocycles. The molecule has 0 unspecified atom stereocenters. The standard InChI is InChI=1S/C24H22N4O6/c1-33-21-5-3-15(11-19(21)29)9-17(13-25)23(31)27-7-8-28-24(32)18(14-26)10-16-4-6-22(34-2)20(30)12-16/h3-6,9-12,29-30H,7-8H2,1-2H3,(H,27,31)(H,28,32)/b17-9+,18-10+. The third kappa shape index (κ3) is 6.77. The van der Waals surface area contributed by atoms with Crippen LogP contribution in [-0.2, 0) is 9.59 Å². The molecule has 0 atom stereocenters. The number of methoxy groups -OCH3 is 2. The molecule has 0 fully saturated rings. The van der Waals surface area contributed by atoms with E-state index in [2.05, 4.69) is 10.6 Å². The van der Waals surface area contributed by atoms with Crippen LogP contribution >= 0.6 is 0 Å². The van der Waals surface area contributed by atoms with Gasteiger partial charge in [0.1, 0.15) is 23.3 Å². The molecule has 0 aromatic heterocycles. The summed E-state index contributed by atoms with van der Waals surface area (Å²) < 4.78 is 9.89. The van der Waals surface area contributed by atoms with Crippen molar-refractivity contribution in [2.45, 2.75) is 0 Å². The Morgan fingerprint density at radius 1 is 0.824 bits per heavy atom. The van der Waals surface area contributed by atoms with Crippen LogP contribution in [0.25, 0.3) is 12.2 Å². The lowest BCUT2D eigenvalue weighted by molar-refractivity contribution is -0.118. The average molecular weight is 462 g/mol. The molecule has 2 aromatic carbocycles. The molecule has 0 saturated heterocycles. The van der Waals surface area contributed by atoms with Crippen molar-refractivity contribution in [1.29, 1.82) is 10.5 Å². The molecule has 10 nitrogen and oxygen atoms in total. The van der Waals surface area contributed by atoms with Gasteiger partial charge in [0, 0.05) is 13.1 Å². The van der Waals surface area contributed by atoms with Crippen molar-refractivity contribution in [3.05, 3.63) is 58.7 Å². The van der Waals surface area contributed by atoms with E-state index in [1.165, 1.54) is 50.6 Å². The minimum atomic E-state index is -0.670. The van der Waals surface area contributed by atoms with Crippen LogP contribution in [0, 0.1) is 22.7 Å². The predicted molar refractivity (Wildman–Crippen MR) is 123 cm³/mol. The Labute approximate surface area is 196 Å². The first-order valence-corrected chi connectivity index (χ1v) is 9.87. The number of ether oxygens (including phenoxy) is 2. The molecule has 34 heavy (non-hydrogen) atoms. The summed E-state index contributed by atoms with van der Waals surface area (Å²) in [5.41, 5.74) is 0.443. The summed E-state index contributed by atoms with van der Waals surface area (Å²) in [6.45, 7) is -0.00102. The smallest absolute Gasteiger partial charge is 0.262 e. The Morgan fingerprint density at radius 2 is 1.21 bits per heavy atom. The van der Waals surface area contributed by atoms with E-state index in [4.69, 9.17) is 9.47 Å². The summed E-state index contributed by atoms with van der Waals surface area (Å²) in [4.78, 5) is 24.5. The van der Waals surface area contributed by atoms with Gasteiger partial charge >= 0.3 is 0 Å². The van der Waals surface area contributed by atoms with Crippen LogP contribution in [0.4, 0.5) is 0 Å². The van der Waals surface area contributed by atoms with E-state index >= 15 is 0 Å². The van der Waals surface area contributed by atoms with Crippen LogP contribution in [-0.4, -0.2) is 49.3 Å². The van der Waals surface area contributed by atoms with Crippen molar-refractivity contribution in [2.75, 3.05) is 27.3 Å². The molecule has 0 aliphatic carbocycles. The van der Waals surface area contributed by atoms with Crippen molar-refractivity contribution >= 4 is 24.0 Å². The number of carbonyl (C=O) groups is 2. The molecule has 0 spiro atoms. The summed E-state index contributed by atoms with van der Waals surface area (Å²) in [6, 6.07) is 12.4. The first-order valence-electron chi connectivity index (χ1n) is 9.87. The van der Waals surface area contributed by atoms with Gasteiger partial charge in [0.25, 0.3) is 11.8 Å². The molecular formula is C24H22N4O6. The van der Waals surface area contributed by atoms with Gasteiger partial charge in [-0.1, -0.05) is 12.1 Å². The van der Waals surface area contributed by atoms with Crippen LogP contribution < -0.4 is 20.1 Å². The summed E-state index contributed by atoms with van der Waals surface area (Å²) in [5.74, 6) is -1.10. The molecule has 0 heterocycles. The lowest BCUT2D eigenvalue weighted by atomic mass is 10.1. The average Bonchev–Trinajstić information content (AvgIpc) is 2.83. The highest BCUT2D eigenvalue weighted by Gasteiger charge is 2.12. The Bertz CT molecular complexity index is 1130. The summed E-state index contributed by atoms with van der Waals surface area (Å²) in [5, 5.41) is 43.1. The van der Waals surface area contributed by atoms with E-state index in [1.54, 1.807) is 24.3 Å². The first-order chi connectivity index (χ1) is 16.3. The van der Waals surface area contributed by atoms with Gasteiger partial charge in [-0.2, -0.15) is 10.5 Å². The monoisotopic (exact) mass is 462 g/mol. The van der Waals surface area contributed by atoms with Crippen LogP contribution in [0.2, 0.25) is 0 Å². The quantitative estimate of drug-likeness (QED) is 0.249. The second-order valence-corrected chi connectivity index (χ2v) is 6.71. The minimum Gasteiger partial charge on any atom is -0.504 e. The fourth-order valence-electron chi connectivity index (χ4n) is 2.77. The van der Waals surface area contributed by atoms with Gasteiger partial charge in [0.15, 0.2) is 23.0 Å². The predicted octanol–water partition coefficient (Wildman–Crippen LogP) is 1.86. The minimum absolute atomic E-state index is 0.000508. The molecule has 10 heteroatoms. The largest absolute Gasteiger partial charge is 0.504 e. The number of phenols is 2. The number of hydrogen-bond acceptors (Lipinski definition) is 8. The molecule has 4 N–H and O–H groups in total. The number of nitrogens with zero attached hydrogens (tertiary/aromatic N) is 2. The van der Waals surface area contributed by atoms with E-state index in [-0.39, 0.29) is 47.2 Å². The van der Waals surface area contributed by atoms with E-state index in [0.717, 1.165) is 0 Å². The SMILES string of the molecule is COc1ccc(/C=C(\C#N)C(=O)NCCNC(=O)/C(C#N)=C/c2ccc(OC)c(O)c2)cc1O. The maximum absolute atomic E-state index is 12.2. The van der Waals surface area contributed by atoms with Crippen molar-refractivity contribution in [1.82, 2.24) is 10.6 Å². The van der Waals surface area contributed by atoms with Crippen molar-refractivity contribution in [3.8, 4) is 35.1 Å². The van der Waals surface area contributed by atoms with Crippen molar-refractivity contribution in [3.63, 3.8) is 0 Å². The van der Waals surface area contributed by atoms with E-state index < -0.39 is 11.8 Å². The van der Waals surface area contributed by atoms with Crippen molar-refractivity contribution < 1.29 is 29.3 Å². The number of aromatic hydroxyl groups is 2. The first kappa shape index (κ1) is 25.3. The molecular weight excluding hydrogens is 440 g/mol. The number of nitriles is 2. The van der Waals surface area contributed by atoms with Gasteiger partial charge in [0.2, 0.25) is 0 Å². The van der Waals surface area contributed by atoms with Gasteiger partial charge in [-0.05, 0) is 47.5 Å². The number of hydrogen-bond donors (Lipinski definition) is 4. The number of carbonyl (C=O) groups excluding carboxylic acids is 2. The lowest BCUT2D eigenvalue weighted by Gasteiger charge is -2.07. The summed E-state index contributed by atoms with van der Waals surface area (Å²) >= 11 is 0. The number of amides is 2. The lowest BCUT2D eigenvalue weighted by Crippen LogP contribution is -2.35. The van der Waals surface area contributed by atoms with Crippen LogP contribution in [0.1, 0.15) is 11.1 Å². The Balaban J connectivity index is 1.94. The Morgan fingerprint density at radius 3 is 1.50 bits per heavy atom. The maximum atomic E-state index is 12.2. The third-order valence-electron chi connectivity index (χ3n) is 4.45. The fourth-order valence-corrected chi connectivity index (χ4v) is 2.77. The highest BCUT2D eigenvalue weighted by molar-refractivity contribution is 6.02. The molecule has 2 amide bonds. The van der Waals surface area contributed by atoms with Gasteiger partial charge in [-0.15, -0.1) is 0 Å². The second kappa shape index (κ2) is 12.2. The zero-order chi connectivity index (χ0) is 25.1. The van der Waals surface area contributed by atoms with E-state index in [0.29, 0.717) is 11.1 Å². The summed E-state index contributed by atoms with van der Waals surface area (Å²) in [6.07, 6.45) is 2.60. The maximum Gasteiger partial charge on any atom is 0.262 e. The zero-order valence-corrected chi connectivity index (χ0v) is 18.5. The number of nitrogens with one attached hydrogen (secondary N) is 2. The molecule has 0 radical (unpaired) electrons. The molecule has 0 aliphatic rings. The highest BCUT2D eigenvalue weighted by atomic mass is 16.5. The van der Waals surface area contributed by atoms with Crippen LogP contribution in [0.15, 0.2) is 47.5 Å². The van der Waals surface area contributed by atoms with Crippen LogP contribution in [0.5, 0.6) is 23.0 Å². The number of phenolic OH excluding ortho intramolecular Hbond substituents is 2. The normalized spacial score (nSPS) is 11.1. The van der Waals surface area contributed by atoms with Gasteiger partial charge < -0.3 is 30.3 Å². The van der Waals surface area contributed by atoms with E-state index in [9.17, 15) is 30.3 Å². The highest BCUT2D eigenvalue weighted by Crippen LogP contribution is 2.28. The topological polar surface area (TPSA) is 165 Å². The zero-order valence-electron chi connectivity index (χ0n) is 18.5. The Hall–Kier alpha value is -4.96. The number of rotatable bonds is 9. The molecule has 174 valence electrons. The number of benzene rings is 2. The third-order valence-corrected chi connectivity index (χ3v) is 4.45. The second-order valence-electron chi connectivity index (χ2n) is 6.71.